The molecule has 2 N–H and O–H groups in total. The van der Waals surface area contributed by atoms with E-state index in [1.165, 1.54) is 0 Å². The molecule has 2 amide bonds. The predicted octanol–water partition coefficient (Wildman–Crippen LogP) is 2.23. The van der Waals surface area contributed by atoms with Crippen molar-refractivity contribution in [3.05, 3.63) is 35.9 Å². The molecule has 142 valence electrons. The molecule has 0 saturated carbocycles. The van der Waals surface area contributed by atoms with E-state index in [1.807, 2.05) is 42.2 Å². The van der Waals surface area contributed by atoms with Crippen LogP contribution in [0.4, 0.5) is 0 Å². The normalized spacial score (nSPS) is 16.1. The quantitative estimate of drug-likeness (QED) is 0.744. The number of carbonyl (C=O) groups excluding carboxylic acids is 2. The second-order valence-corrected chi connectivity index (χ2v) is 6.83. The van der Waals surface area contributed by atoms with E-state index < -0.39 is 12.0 Å². The van der Waals surface area contributed by atoms with Crippen LogP contribution in [-0.2, 0) is 20.8 Å². The van der Waals surface area contributed by atoms with Crippen molar-refractivity contribution in [2.24, 2.45) is 5.92 Å². The summed E-state index contributed by atoms with van der Waals surface area (Å²) >= 11 is 0. The van der Waals surface area contributed by atoms with Crippen LogP contribution in [0.1, 0.15) is 44.6 Å². The van der Waals surface area contributed by atoms with Gasteiger partial charge in [0.2, 0.25) is 11.8 Å². The van der Waals surface area contributed by atoms with Crippen molar-refractivity contribution in [3.8, 4) is 0 Å². The van der Waals surface area contributed by atoms with Gasteiger partial charge in [0.05, 0.1) is 0 Å². The van der Waals surface area contributed by atoms with E-state index in [2.05, 4.69) is 5.32 Å². The molecule has 1 unspecified atom stereocenters. The van der Waals surface area contributed by atoms with E-state index in [-0.39, 0.29) is 17.7 Å². The number of nitrogens with zero attached hydrogens (tertiary/aromatic N) is 1. The minimum absolute atomic E-state index is 0.113. The fourth-order valence-corrected chi connectivity index (χ4v) is 3.28. The molecule has 0 aromatic heterocycles. The molecule has 0 bridgehead atoms. The molecule has 0 spiro atoms. The Hall–Kier alpha value is -2.37. The first-order valence-electron chi connectivity index (χ1n) is 9.36. The Balaban J connectivity index is 1.76. The molecule has 1 saturated heterocycles. The lowest BCUT2D eigenvalue weighted by molar-refractivity contribution is -0.143. The third kappa shape index (κ3) is 5.86. The third-order valence-corrected chi connectivity index (χ3v) is 4.88. The van der Waals surface area contributed by atoms with Crippen LogP contribution in [0.3, 0.4) is 0 Å². The fourth-order valence-electron chi connectivity index (χ4n) is 3.28. The minimum Gasteiger partial charge on any atom is -0.480 e. The number of amides is 2. The summed E-state index contributed by atoms with van der Waals surface area (Å²) in [5.74, 6) is -1.30. The summed E-state index contributed by atoms with van der Waals surface area (Å²) in [7, 11) is 0. The number of piperidine rings is 1. The zero-order chi connectivity index (χ0) is 18.9. The number of carboxylic acid groups (broad SMARTS) is 1. The number of hydrogen-bond donors (Lipinski definition) is 2. The molecule has 1 aliphatic heterocycles. The summed E-state index contributed by atoms with van der Waals surface area (Å²) < 4.78 is 0. The van der Waals surface area contributed by atoms with Crippen molar-refractivity contribution in [3.63, 3.8) is 0 Å². The number of carboxylic acids is 1. The SMILES string of the molecule is CCCC(NC(=O)C1CCN(C(=O)CCc2ccccc2)CC1)C(=O)O. The summed E-state index contributed by atoms with van der Waals surface area (Å²) in [5.41, 5.74) is 1.14. The number of likely N-dealkylation sites (tertiary alicyclic amines) is 1. The van der Waals surface area contributed by atoms with Gasteiger partial charge < -0.3 is 15.3 Å². The van der Waals surface area contributed by atoms with Gasteiger partial charge in [-0.2, -0.15) is 0 Å². The highest BCUT2D eigenvalue weighted by atomic mass is 16.4. The first-order chi connectivity index (χ1) is 12.5. The molecule has 1 aromatic rings. The molecule has 0 aliphatic carbocycles. The van der Waals surface area contributed by atoms with E-state index in [0.29, 0.717) is 45.2 Å². The van der Waals surface area contributed by atoms with Gasteiger partial charge in [-0.3, -0.25) is 9.59 Å². The van der Waals surface area contributed by atoms with Crippen LogP contribution in [-0.4, -0.2) is 46.9 Å². The van der Waals surface area contributed by atoms with Gasteiger partial charge in [0.1, 0.15) is 6.04 Å². The molecule has 1 heterocycles. The second-order valence-electron chi connectivity index (χ2n) is 6.83. The summed E-state index contributed by atoms with van der Waals surface area (Å²) in [6, 6.07) is 9.09. The summed E-state index contributed by atoms with van der Waals surface area (Å²) in [4.78, 5) is 37.6. The van der Waals surface area contributed by atoms with Crippen molar-refractivity contribution in [2.75, 3.05) is 13.1 Å². The minimum atomic E-state index is -0.992. The van der Waals surface area contributed by atoms with Gasteiger partial charge in [-0.25, -0.2) is 4.79 Å². The van der Waals surface area contributed by atoms with Crippen molar-refractivity contribution < 1.29 is 19.5 Å². The van der Waals surface area contributed by atoms with Crippen LogP contribution in [0.2, 0.25) is 0 Å². The monoisotopic (exact) mass is 360 g/mol. The maximum absolute atomic E-state index is 12.3. The van der Waals surface area contributed by atoms with Gasteiger partial charge in [0.15, 0.2) is 0 Å². The highest BCUT2D eigenvalue weighted by Gasteiger charge is 2.29. The second kappa shape index (κ2) is 9.94. The molecular weight excluding hydrogens is 332 g/mol. The Bertz CT molecular complexity index is 609. The molecule has 1 fully saturated rings. The number of aliphatic carboxylic acids is 1. The number of rotatable bonds is 8. The summed E-state index contributed by atoms with van der Waals surface area (Å²) in [6.45, 7) is 3.00. The smallest absolute Gasteiger partial charge is 0.326 e. The van der Waals surface area contributed by atoms with Crippen LogP contribution in [0.25, 0.3) is 0 Å². The van der Waals surface area contributed by atoms with E-state index in [0.717, 1.165) is 12.0 Å². The zero-order valence-electron chi connectivity index (χ0n) is 15.3. The Kier molecular flexibility index (Phi) is 7.63. The number of aryl methyl sites for hydroxylation is 1. The number of carbonyl (C=O) groups is 3. The van der Waals surface area contributed by atoms with Crippen LogP contribution in [0.5, 0.6) is 0 Å². The van der Waals surface area contributed by atoms with Crippen LogP contribution >= 0.6 is 0 Å². The third-order valence-electron chi connectivity index (χ3n) is 4.88. The van der Waals surface area contributed by atoms with Crippen LogP contribution in [0, 0.1) is 5.92 Å². The molecule has 2 rings (SSSR count). The van der Waals surface area contributed by atoms with Crippen molar-refractivity contribution >= 4 is 17.8 Å². The van der Waals surface area contributed by atoms with Gasteiger partial charge in [0, 0.05) is 25.4 Å². The first kappa shape index (κ1) is 19.9. The van der Waals surface area contributed by atoms with E-state index >= 15 is 0 Å². The Labute approximate surface area is 154 Å². The van der Waals surface area contributed by atoms with E-state index in [4.69, 9.17) is 5.11 Å². The lowest BCUT2D eigenvalue weighted by Gasteiger charge is -2.32. The number of benzene rings is 1. The first-order valence-corrected chi connectivity index (χ1v) is 9.36. The topological polar surface area (TPSA) is 86.7 Å². The Morgan fingerprint density at radius 3 is 2.42 bits per heavy atom. The van der Waals surface area contributed by atoms with Crippen LogP contribution in [0.15, 0.2) is 30.3 Å². The van der Waals surface area contributed by atoms with Crippen molar-refractivity contribution in [1.82, 2.24) is 10.2 Å². The van der Waals surface area contributed by atoms with Crippen LogP contribution < -0.4 is 5.32 Å². The highest BCUT2D eigenvalue weighted by molar-refractivity contribution is 5.85. The fraction of sp³-hybridized carbons (Fsp3) is 0.550. The summed E-state index contributed by atoms with van der Waals surface area (Å²) in [6.07, 6.45) is 3.49. The molecule has 6 nitrogen and oxygen atoms in total. The molecule has 0 radical (unpaired) electrons. The van der Waals surface area contributed by atoms with E-state index in [9.17, 15) is 14.4 Å². The molecule has 1 aliphatic rings. The molecule has 6 heteroatoms. The van der Waals surface area contributed by atoms with Gasteiger partial charge in [0.25, 0.3) is 0 Å². The molecular formula is C20H28N2O4. The number of nitrogens with one attached hydrogen (secondary N) is 1. The van der Waals surface area contributed by atoms with Gasteiger partial charge in [-0.1, -0.05) is 43.7 Å². The molecule has 1 aromatic carbocycles. The van der Waals surface area contributed by atoms with Gasteiger partial charge in [-0.15, -0.1) is 0 Å². The average Bonchev–Trinajstić information content (AvgIpc) is 2.66. The molecule has 1 atom stereocenters. The molecule has 26 heavy (non-hydrogen) atoms. The maximum Gasteiger partial charge on any atom is 0.326 e. The zero-order valence-corrected chi connectivity index (χ0v) is 15.3. The highest BCUT2D eigenvalue weighted by Crippen LogP contribution is 2.19. The van der Waals surface area contributed by atoms with Crippen molar-refractivity contribution in [1.29, 1.82) is 0 Å². The number of hydrogen-bond acceptors (Lipinski definition) is 3. The Morgan fingerprint density at radius 1 is 1.19 bits per heavy atom. The van der Waals surface area contributed by atoms with Gasteiger partial charge in [-0.05, 0) is 31.2 Å². The lowest BCUT2D eigenvalue weighted by Crippen LogP contribution is -2.47. The van der Waals surface area contributed by atoms with E-state index in [1.54, 1.807) is 0 Å². The standard InChI is InChI=1S/C20H28N2O4/c1-2-6-17(20(25)26)21-19(24)16-11-13-22(14-12-16)18(23)10-9-15-7-4-3-5-8-15/h3-5,7-8,16-17H,2,6,9-14H2,1H3,(H,21,24)(H,25,26). The predicted molar refractivity (Wildman–Crippen MR) is 98.5 cm³/mol. The Morgan fingerprint density at radius 2 is 1.85 bits per heavy atom. The average molecular weight is 360 g/mol. The largest absolute Gasteiger partial charge is 0.480 e. The summed E-state index contributed by atoms with van der Waals surface area (Å²) in [5, 5.41) is 11.8. The van der Waals surface area contributed by atoms with Crippen molar-refractivity contribution in [2.45, 2.75) is 51.5 Å². The lowest BCUT2D eigenvalue weighted by atomic mass is 9.95. The maximum atomic E-state index is 12.3. The van der Waals surface area contributed by atoms with Gasteiger partial charge >= 0.3 is 5.97 Å².